The molecule has 2 aliphatic rings. The van der Waals surface area contributed by atoms with Gasteiger partial charge < -0.3 is 9.05 Å². The largest absolute Gasteiger partial charge is 0.361 e. The van der Waals surface area contributed by atoms with E-state index in [0.29, 0.717) is 17.6 Å². The van der Waals surface area contributed by atoms with Crippen molar-refractivity contribution >= 4 is 0 Å². The molecule has 0 radical (unpaired) electrons. The van der Waals surface area contributed by atoms with Crippen molar-refractivity contribution in [3.63, 3.8) is 0 Å². The highest BCUT2D eigenvalue weighted by atomic mass is 16.5. The normalized spacial score (nSPS) is 26.3. The van der Waals surface area contributed by atoms with Gasteiger partial charge in [-0.05, 0) is 32.1 Å². The van der Waals surface area contributed by atoms with E-state index >= 15 is 0 Å². The van der Waals surface area contributed by atoms with Crippen LogP contribution in [0.15, 0.2) is 15.2 Å². The molecular formula is C19H23N5O2. The number of rotatable bonds is 1. The van der Waals surface area contributed by atoms with Crippen LogP contribution in [0.5, 0.6) is 0 Å². The van der Waals surface area contributed by atoms with Gasteiger partial charge in [0.1, 0.15) is 11.5 Å². The molecule has 5 rings (SSSR count). The molecule has 136 valence electrons. The van der Waals surface area contributed by atoms with Gasteiger partial charge in [0.15, 0.2) is 5.82 Å². The summed E-state index contributed by atoms with van der Waals surface area (Å²) in [6.07, 6.45) is 4.79. The van der Waals surface area contributed by atoms with Crippen LogP contribution in [0.4, 0.5) is 0 Å². The molecule has 0 aliphatic heterocycles. The summed E-state index contributed by atoms with van der Waals surface area (Å²) >= 11 is 0. The van der Waals surface area contributed by atoms with Crippen molar-refractivity contribution in [1.82, 2.24) is 25.1 Å². The molecule has 0 fully saturated rings. The molecule has 0 saturated carbocycles. The maximum absolute atomic E-state index is 5.65. The standard InChI is InChI=1S/C19H23N5O2/c1-10-21-17(26-23-10)14-12-6-7-13-18(2,3)16-11(9-20-25-16)8-19(13,4)15(12)22-24(14)5/h9,13H,6-8H2,1-5H3/t13-,19-/m0/s1. The van der Waals surface area contributed by atoms with Gasteiger partial charge in [0.2, 0.25) is 0 Å². The first-order valence-electron chi connectivity index (χ1n) is 9.13. The number of nitrogens with zero attached hydrogens (tertiary/aromatic N) is 5. The maximum Gasteiger partial charge on any atom is 0.276 e. The Kier molecular flexibility index (Phi) is 2.94. The third-order valence-electron chi connectivity index (χ3n) is 6.53. The summed E-state index contributed by atoms with van der Waals surface area (Å²) in [4.78, 5) is 4.44. The second-order valence-corrected chi connectivity index (χ2v) is 8.53. The Balaban J connectivity index is 1.71. The highest BCUT2D eigenvalue weighted by Crippen LogP contribution is 2.56. The van der Waals surface area contributed by atoms with Crippen LogP contribution >= 0.6 is 0 Å². The van der Waals surface area contributed by atoms with Gasteiger partial charge in [-0.2, -0.15) is 10.1 Å². The van der Waals surface area contributed by atoms with E-state index in [1.165, 1.54) is 11.1 Å². The fraction of sp³-hybridized carbons (Fsp3) is 0.579. The van der Waals surface area contributed by atoms with Gasteiger partial charge in [-0.25, -0.2) is 0 Å². The quantitative estimate of drug-likeness (QED) is 0.668. The van der Waals surface area contributed by atoms with E-state index in [2.05, 4.69) is 36.1 Å². The smallest absolute Gasteiger partial charge is 0.276 e. The zero-order chi connectivity index (χ0) is 18.3. The molecule has 3 aromatic rings. The first-order valence-corrected chi connectivity index (χ1v) is 9.13. The van der Waals surface area contributed by atoms with Crippen LogP contribution in [0, 0.1) is 12.8 Å². The summed E-state index contributed by atoms with van der Waals surface area (Å²) in [6, 6.07) is 0. The maximum atomic E-state index is 5.65. The highest BCUT2D eigenvalue weighted by Gasteiger charge is 2.56. The van der Waals surface area contributed by atoms with Crippen LogP contribution in [0.25, 0.3) is 11.6 Å². The SMILES string of the molecule is Cc1noc(-c2c3c(nn2C)[C@@]2(C)Cc4cnoc4C(C)(C)[C@@H]2CC3)n1. The second kappa shape index (κ2) is 4.84. The van der Waals surface area contributed by atoms with Crippen molar-refractivity contribution in [2.45, 2.75) is 57.8 Å². The van der Waals surface area contributed by atoms with E-state index in [-0.39, 0.29) is 10.8 Å². The fourth-order valence-electron chi connectivity index (χ4n) is 5.53. The molecule has 0 bridgehead atoms. The molecule has 26 heavy (non-hydrogen) atoms. The minimum atomic E-state index is -0.0741. The van der Waals surface area contributed by atoms with Gasteiger partial charge in [0.25, 0.3) is 5.89 Å². The zero-order valence-electron chi connectivity index (χ0n) is 15.8. The van der Waals surface area contributed by atoms with Crippen LogP contribution in [-0.4, -0.2) is 25.1 Å². The van der Waals surface area contributed by atoms with Gasteiger partial charge in [0, 0.05) is 29.0 Å². The zero-order valence-corrected chi connectivity index (χ0v) is 15.8. The summed E-state index contributed by atoms with van der Waals surface area (Å²) in [7, 11) is 1.96. The number of hydrogen-bond donors (Lipinski definition) is 0. The molecule has 3 aromatic heterocycles. The predicted molar refractivity (Wildman–Crippen MR) is 93.6 cm³/mol. The lowest BCUT2D eigenvalue weighted by Crippen LogP contribution is -2.51. The predicted octanol–water partition coefficient (Wildman–Crippen LogP) is 3.12. The molecule has 0 saturated heterocycles. The first kappa shape index (κ1) is 15.8. The summed E-state index contributed by atoms with van der Waals surface area (Å²) in [5.74, 6) is 2.67. The van der Waals surface area contributed by atoms with Crippen molar-refractivity contribution in [1.29, 1.82) is 0 Å². The third kappa shape index (κ3) is 1.83. The number of fused-ring (bicyclic) bond motifs is 4. The summed E-state index contributed by atoms with van der Waals surface area (Å²) < 4.78 is 13.0. The van der Waals surface area contributed by atoms with Crippen LogP contribution in [0.1, 0.15) is 55.6 Å². The van der Waals surface area contributed by atoms with Gasteiger partial charge in [0.05, 0.1) is 11.9 Å². The van der Waals surface area contributed by atoms with Crippen molar-refractivity contribution in [3.8, 4) is 11.6 Å². The highest BCUT2D eigenvalue weighted by molar-refractivity contribution is 5.58. The minimum absolute atomic E-state index is 0.0687. The molecule has 0 unspecified atom stereocenters. The van der Waals surface area contributed by atoms with Crippen LogP contribution in [-0.2, 0) is 30.7 Å². The summed E-state index contributed by atoms with van der Waals surface area (Å²) in [6.45, 7) is 8.72. The molecule has 0 spiro atoms. The van der Waals surface area contributed by atoms with E-state index in [1.807, 2.05) is 24.9 Å². The Labute approximate surface area is 151 Å². The van der Waals surface area contributed by atoms with Crippen molar-refractivity contribution in [3.05, 3.63) is 34.6 Å². The van der Waals surface area contributed by atoms with E-state index in [9.17, 15) is 0 Å². The average molecular weight is 353 g/mol. The number of hydrogen-bond acceptors (Lipinski definition) is 6. The molecule has 3 heterocycles. The number of aromatic nitrogens is 5. The molecule has 2 atom stereocenters. The Bertz CT molecular complexity index is 1010. The Morgan fingerprint density at radius 3 is 2.77 bits per heavy atom. The molecule has 2 aliphatic carbocycles. The minimum Gasteiger partial charge on any atom is -0.361 e. The van der Waals surface area contributed by atoms with Crippen LogP contribution < -0.4 is 0 Å². The third-order valence-corrected chi connectivity index (χ3v) is 6.53. The molecular weight excluding hydrogens is 330 g/mol. The lowest BCUT2D eigenvalue weighted by molar-refractivity contribution is 0.109. The molecule has 0 amide bonds. The summed E-state index contributed by atoms with van der Waals surface area (Å²) in [5, 5.41) is 13.0. The van der Waals surface area contributed by atoms with Crippen molar-refractivity contribution in [2.75, 3.05) is 0 Å². The topological polar surface area (TPSA) is 82.8 Å². The van der Waals surface area contributed by atoms with E-state index < -0.39 is 0 Å². The lowest BCUT2D eigenvalue weighted by atomic mass is 9.51. The summed E-state index contributed by atoms with van der Waals surface area (Å²) in [5.41, 5.74) is 4.40. The van der Waals surface area contributed by atoms with Crippen molar-refractivity contribution in [2.24, 2.45) is 13.0 Å². The van der Waals surface area contributed by atoms with Crippen LogP contribution in [0.3, 0.4) is 0 Å². The van der Waals surface area contributed by atoms with E-state index in [4.69, 9.17) is 14.1 Å². The molecule has 7 heteroatoms. The van der Waals surface area contributed by atoms with Gasteiger partial charge >= 0.3 is 0 Å². The first-order chi connectivity index (χ1) is 12.3. The van der Waals surface area contributed by atoms with Gasteiger partial charge in [-0.15, -0.1) is 0 Å². The Hall–Kier alpha value is -2.44. The Morgan fingerprint density at radius 2 is 2.04 bits per heavy atom. The number of aryl methyl sites for hydroxylation is 2. The molecule has 0 N–H and O–H groups in total. The van der Waals surface area contributed by atoms with E-state index in [0.717, 1.165) is 36.4 Å². The monoisotopic (exact) mass is 353 g/mol. The Morgan fingerprint density at radius 1 is 1.23 bits per heavy atom. The van der Waals surface area contributed by atoms with E-state index in [1.54, 1.807) is 0 Å². The lowest BCUT2D eigenvalue weighted by Gasteiger charge is -2.51. The average Bonchev–Trinajstić information content (AvgIpc) is 3.26. The van der Waals surface area contributed by atoms with Gasteiger partial charge in [-0.1, -0.05) is 31.1 Å². The molecule has 7 nitrogen and oxygen atoms in total. The van der Waals surface area contributed by atoms with Crippen molar-refractivity contribution < 1.29 is 9.05 Å². The fourth-order valence-corrected chi connectivity index (χ4v) is 5.53. The second-order valence-electron chi connectivity index (χ2n) is 8.53. The van der Waals surface area contributed by atoms with Crippen LogP contribution in [0.2, 0.25) is 0 Å². The van der Waals surface area contributed by atoms with Gasteiger partial charge in [-0.3, -0.25) is 4.68 Å². The molecule has 0 aromatic carbocycles.